The molecule has 142 valence electrons. The van der Waals surface area contributed by atoms with Gasteiger partial charge in [-0.3, -0.25) is 9.47 Å². The highest BCUT2D eigenvalue weighted by atomic mass is 19.3. The van der Waals surface area contributed by atoms with E-state index in [4.69, 9.17) is 14.2 Å². The molecular formula is C17H21F2N3O4. The van der Waals surface area contributed by atoms with Gasteiger partial charge in [-0.1, -0.05) is 6.07 Å². The molecule has 2 heterocycles. The van der Waals surface area contributed by atoms with Crippen molar-refractivity contribution in [1.29, 1.82) is 0 Å². The van der Waals surface area contributed by atoms with E-state index in [-0.39, 0.29) is 32.3 Å². The monoisotopic (exact) mass is 369 g/mol. The number of hydrogen-bond donors (Lipinski definition) is 1. The summed E-state index contributed by atoms with van der Waals surface area (Å²) in [6, 6.07) is 5.53. The predicted molar refractivity (Wildman–Crippen MR) is 88.0 cm³/mol. The molecule has 0 bridgehead atoms. The van der Waals surface area contributed by atoms with E-state index >= 15 is 0 Å². The molecule has 1 N–H and O–H groups in total. The average molecular weight is 369 g/mol. The molecule has 1 unspecified atom stereocenters. The molecule has 0 saturated heterocycles. The van der Waals surface area contributed by atoms with E-state index in [1.807, 2.05) is 18.2 Å². The summed E-state index contributed by atoms with van der Waals surface area (Å²) < 4.78 is 42.5. The van der Waals surface area contributed by atoms with E-state index in [0.29, 0.717) is 18.1 Å². The van der Waals surface area contributed by atoms with Gasteiger partial charge < -0.3 is 19.3 Å². The van der Waals surface area contributed by atoms with Crippen LogP contribution in [0.2, 0.25) is 0 Å². The van der Waals surface area contributed by atoms with E-state index in [1.54, 1.807) is 11.9 Å². The first-order valence-corrected chi connectivity index (χ1v) is 8.15. The van der Waals surface area contributed by atoms with Crippen molar-refractivity contribution in [2.24, 2.45) is 0 Å². The zero-order chi connectivity index (χ0) is 18.5. The van der Waals surface area contributed by atoms with Gasteiger partial charge in [0.1, 0.15) is 5.82 Å². The summed E-state index contributed by atoms with van der Waals surface area (Å²) in [7, 11) is 1.73. The second-order valence-corrected chi connectivity index (χ2v) is 6.08. The summed E-state index contributed by atoms with van der Waals surface area (Å²) in [5.41, 5.74) is 0.911. The highest BCUT2D eigenvalue weighted by Crippen LogP contribution is 2.32. The van der Waals surface area contributed by atoms with Gasteiger partial charge in [-0.25, -0.2) is 4.98 Å². The molecule has 1 aliphatic rings. The summed E-state index contributed by atoms with van der Waals surface area (Å²) in [5.74, 6) is 1.63. The van der Waals surface area contributed by atoms with Crippen LogP contribution in [-0.4, -0.2) is 52.7 Å². The van der Waals surface area contributed by atoms with Gasteiger partial charge in [0.25, 0.3) is 0 Å². The van der Waals surface area contributed by atoms with Gasteiger partial charge in [0.15, 0.2) is 11.5 Å². The number of aromatic nitrogens is 2. The standard InChI is InChI=1S/C17H21F2N3O4/c1-21(8-16-20-4-5-22(16)17(18)19)7-13(23)10-24-9-12-2-3-14-15(6-12)26-11-25-14/h2-6,13,17,23H,7-11H2,1H3. The van der Waals surface area contributed by atoms with Crippen molar-refractivity contribution in [2.45, 2.75) is 25.8 Å². The number of aliphatic hydroxyl groups is 1. The van der Waals surface area contributed by atoms with Crippen molar-refractivity contribution >= 4 is 0 Å². The lowest BCUT2D eigenvalue weighted by Gasteiger charge is -2.20. The maximum atomic E-state index is 12.8. The fraction of sp³-hybridized carbons (Fsp3) is 0.471. The normalized spacial score (nSPS) is 14.4. The Morgan fingerprint density at radius 2 is 2.15 bits per heavy atom. The number of nitrogens with zero attached hydrogens (tertiary/aromatic N) is 3. The summed E-state index contributed by atoms with van der Waals surface area (Å²) in [4.78, 5) is 5.64. The Morgan fingerprint density at radius 3 is 2.96 bits per heavy atom. The van der Waals surface area contributed by atoms with Crippen molar-refractivity contribution in [3.8, 4) is 11.5 Å². The fourth-order valence-corrected chi connectivity index (χ4v) is 2.71. The zero-order valence-electron chi connectivity index (χ0n) is 14.3. The molecule has 9 heteroatoms. The van der Waals surface area contributed by atoms with Crippen LogP contribution in [0.3, 0.4) is 0 Å². The highest BCUT2D eigenvalue weighted by molar-refractivity contribution is 5.44. The predicted octanol–water partition coefficient (Wildman–Crippen LogP) is 2.02. The zero-order valence-corrected chi connectivity index (χ0v) is 14.3. The number of halogens is 2. The van der Waals surface area contributed by atoms with E-state index in [0.717, 1.165) is 10.1 Å². The number of alkyl halides is 2. The van der Waals surface area contributed by atoms with Gasteiger partial charge in [-0.15, -0.1) is 0 Å². The van der Waals surface area contributed by atoms with Gasteiger partial charge in [0.05, 0.1) is 25.9 Å². The molecule has 2 aromatic rings. The number of imidazole rings is 1. The Morgan fingerprint density at radius 1 is 1.35 bits per heavy atom. The first-order chi connectivity index (χ1) is 12.5. The number of likely N-dealkylation sites (N-methyl/N-ethyl adjacent to an activating group) is 1. The van der Waals surface area contributed by atoms with Crippen LogP contribution in [0.25, 0.3) is 0 Å². The van der Waals surface area contributed by atoms with Gasteiger partial charge >= 0.3 is 6.55 Å². The number of aliphatic hydroxyl groups excluding tert-OH is 1. The topological polar surface area (TPSA) is 69.0 Å². The smallest absolute Gasteiger partial charge is 0.319 e. The van der Waals surface area contributed by atoms with E-state index in [9.17, 15) is 13.9 Å². The molecule has 1 atom stereocenters. The van der Waals surface area contributed by atoms with Crippen molar-refractivity contribution in [1.82, 2.24) is 14.5 Å². The summed E-state index contributed by atoms with van der Waals surface area (Å²) in [6.45, 7) is -1.48. The molecule has 0 spiro atoms. The van der Waals surface area contributed by atoms with Crippen LogP contribution in [0.15, 0.2) is 30.6 Å². The lowest BCUT2D eigenvalue weighted by molar-refractivity contribution is 0.0112. The molecule has 0 amide bonds. The molecule has 1 aromatic carbocycles. The second kappa shape index (κ2) is 8.43. The van der Waals surface area contributed by atoms with Crippen LogP contribution in [0, 0.1) is 0 Å². The second-order valence-electron chi connectivity index (χ2n) is 6.08. The molecule has 0 saturated carbocycles. The molecule has 0 radical (unpaired) electrons. The quantitative estimate of drug-likeness (QED) is 0.729. The number of rotatable bonds is 9. The molecule has 1 aromatic heterocycles. The van der Waals surface area contributed by atoms with Gasteiger partial charge in [0.2, 0.25) is 6.79 Å². The number of ether oxygens (including phenoxy) is 3. The third-order valence-corrected chi connectivity index (χ3v) is 3.91. The maximum Gasteiger partial charge on any atom is 0.319 e. The highest BCUT2D eigenvalue weighted by Gasteiger charge is 2.16. The summed E-state index contributed by atoms with van der Waals surface area (Å²) in [5, 5.41) is 10.1. The minimum Gasteiger partial charge on any atom is -0.454 e. The summed E-state index contributed by atoms with van der Waals surface area (Å²) >= 11 is 0. The first-order valence-electron chi connectivity index (χ1n) is 8.15. The van der Waals surface area contributed by atoms with Crippen LogP contribution in [0.1, 0.15) is 17.9 Å². The van der Waals surface area contributed by atoms with Gasteiger partial charge in [-0.2, -0.15) is 8.78 Å². The van der Waals surface area contributed by atoms with E-state index in [1.165, 1.54) is 12.4 Å². The molecule has 3 rings (SSSR count). The molecule has 0 aliphatic carbocycles. The molecule has 26 heavy (non-hydrogen) atoms. The van der Waals surface area contributed by atoms with Crippen LogP contribution < -0.4 is 9.47 Å². The number of hydrogen-bond acceptors (Lipinski definition) is 6. The summed E-state index contributed by atoms with van der Waals surface area (Å²) in [6.07, 6.45) is 1.82. The van der Waals surface area contributed by atoms with Crippen molar-refractivity contribution in [2.75, 3.05) is 27.0 Å². The van der Waals surface area contributed by atoms with Crippen LogP contribution in [0.4, 0.5) is 8.78 Å². The first kappa shape index (κ1) is 18.6. The lowest BCUT2D eigenvalue weighted by Crippen LogP contribution is -2.32. The van der Waals surface area contributed by atoms with Crippen molar-refractivity contribution in [3.05, 3.63) is 42.0 Å². The van der Waals surface area contributed by atoms with Crippen molar-refractivity contribution in [3.63, 3.8) is 0 Å². The third-order valence-electron chi connectivity index (χ3n) is 3.91. The van der Waals surface area contributed by atoms with E-state index < -0.39 is 12.7 Å². The Kier molecular flexibility index (Phi) is 6.02. The number of fused-ring (bicyclic) bond motifs is 1. The fourth-order valence-electron chi connectivity index (χ4n) is 2.71. The minimum absolute atomic E-state index is 0.127. The van der Waals surface area contributed by atoms with Crippen LogP contribution in [0.5, 0.6) is 11.5 Å². The van der Waals surface area contributed by atoms with Gasteiger partial charge in [-0.05, 0) is 24.7 Å². The number of benzene rings is 1. The van der Waals surface area contributed by atoms with Crippen molar-refractivity contribution < 1.29 is 28.1 Å². The lowest BCUT2D eigenvalue weighted by atomic mass is 10.2. The Bertz CT molecular complexity index is 726. The molecule has 7 nitrogen and oxygen atoms in total. The Balaban J connectivity index is 1.41. The minimum atomic E-state index is -2.63. The molecule has 1 aliphatic heterocycles. The maximum absolute atomic E-state index is 12.8. The molecular weight excluding hydrogens is 348 g/mol. The third kappa shape index (κ3) is 4.69. The van der Waals surface area contributed by atoms with E-state index in [2.05, 4.69) is 4.98 Å². The van der Waals surface area contributed by atoms with Crippen LogP contribution in [-0.2, 0) is 17.9 Å². The Labute approximate surface area is 149 Å². The Hall–Kier alpha value is -2.23. The largest absolute Gasteiger partial charge is 0.454 e. The van der Waals surface area contributed by atoms with Gasteiger partial charge in [0, 0.05) is 18.9 Å². The average Bonchev–Trinajstić information content (AvgIpc) is 3.23. The molecule has 0 fully saturated rings. The van der Waals surface area contributed by atoms with Crippen LogP contribution >= 0.6 is 0 Å². The SMILES string of the molecule is CN(Cc1nccn1C(F)F)CC(O)COCc1ccc2c(c1)OCO2.